The van der Waals surface area contributed by atoms with Crippen molar-refractivity contribution in [2.45, 2.75) is 25.0 Å². The molecule has 0 rings (SSSR count). The average Bonchev–Trinajstić information content (AvgIpc) is 2.15. The van der Waals surface area contributed by atoms with Crippen molar-refractivity contribution in [1.82, 2.24) is 0 Å². The van der Waals surface area contributed by atoms with Crippen molar-refractivity contribution in [3.63, 3.8) is 0 Å². The Bertz CT molecular complexity index is 119. The molecule has 0 aliphatic carbocycles. The first kappa shape index (κ1) is 12.8. The van der Waals surface area contributed by atoms with Crippen molar-refractivity contribution in [3.05, 3.63) is 0 Å². The highest BCUT2D eigenvalue weighted by molar-refractivity contribution is 4.74. The van der Waals surface area contributed by atoms with Gasteiger partial charge in [-0.1, -0.05) is 0 Å². The second-order valence-electron chi connectivity index (χ2n) is 3.03. The molecule has 5 heteroatoms. The van der Waals surface area contributed by atoms with Crippen LogP contribution in [-0.2, 0) is 0 Å². The fourth-order valence-electron chi connectivity index (χ4n) is 1.15. The molecule has 80 valence electrons. The van der Waals surface area contributed by atoms with Gasteiger partial charge in [0.2, 0.25) is 0 Å². The van der Waals surface area contributed by atoms with Gasteiger partial charge in [-0.3, -0.25) is 0 Å². The molecule has 3 unspecified atom stereocenters. The molecule has 0 radical (unpaired) electrons. The topological polar surface area (TPSA) is 101 Å². The van der Waals surface area contributed by atoms with E-state index in [1.54, 1.807) is 0 Å². The Morgan fingerprint density at radius 1 is 0.846 bits per heavy atom. The van der Waals surface area contributed by atoms with Gasteiger partial charge in [-0.2, -0.15) is 0 Å². The summed E-state index contributed by atoms with van der Waals surface area (Å²) in [5, 5.41) is 44.4. The molecule has 0 aliphatic heterocycles. The molecule has 3 atom stereocenters. The summed E-state index contributed by atoms with van der Waals surface area (Å²) in [5.41, 5.74) is 0. The molecular formula is C8H18O5. The summed E-state index contributed by atoms with van der Waals surface area (Å²) >= 11 is 0. The van der Waals surface area contributed by atoms with Crippen LogP contribution in [0.15, 0.2) is 0 Å². The van der Waals surface area contributed by atoms with Gasteiger partial charge < -0.3 is 25.5 Å². The summed E-state index contributed by atoms with van der Waals surface area (Å²) in [5.74, 6) is -0.739. The zero-order chi connectivity index (χ0) is 10.3. The van der Waals surface area contributed by atoms with E-state index >= 15 is 0 Å². The first-order valence-electron chi connectivity index (χ1n) is 4.36. The van der Waals surface area contributed by atoms with Gasteiger partial charge in [0.1, 0.15) is 0 Å². The Kier molecular flexibility index (Phi) is 7.12. The molecule has 0 bridgehead atoms. The SMILES string of the molecule is OCCCC(O)C(CO)C(O)CO. The number of hydrogen-bond donors (Lipinski definition) is 5. The molecule has 0 aromatic heterocycles. The molecule has 0 saturated carbocycles. The maximum absolute atomic E-state index is 9.40. The Balaban J connectivity index is 3.90. The van der Waals surface area contributed by atoms with Crippen LogP contribution in [-0.4, -0.2) is 57.6 Å². The maximum Gasteiger partial charge on any atom is 0.0845 e. The van der Waals surface area contributed by atoms with Crippen molar-refractivity contribution in [2.24, 2.45) is 5.92 Å². The highest BCUT2D eigenvalue weighted by Crippen LogP contribution is 2.13. The lowest BCUT2D eigenvalue weighted by molar-refractivity contribution is -0.0430. The van der Waals surface area contributed by atoms with E-state index in [9.17, 15) is 5.11 Å². The van der Waals surface area contributed by atoms with Gasteiger partial charge in [-0.25, -0.2) is 0 Å². The van der Waals surface area contributed by atoms with Gasteiger partial charge in [0, 0.05) is 12.5 Å². The van der Waals surface area contributed by atoms with Gasteiger partial charge in [0.05, 0.1) is 25.4 Å². The van der Waals surface area contributed by atoms with E-state index in [1.165, 1.54) is 0 Å². The largest absolute Gasteiger partial charge is 0.396 e. The summed E-state index contributed by atoms with van der Waals surface area (Å²) < 4.78 is 0. The summed E-state index contributed by atoms with van der Waals surface area (Å²) in [6.45, 7) is -0.903. The van der Waals surface area contributed by atoms with Crippen LogP contribution in [0.2, 0.25) is 0 Å². The Morgan fingerprint density at radius 3 is 1.85 bits per heavy atom. The van der Waals surface area contributed by atoms with Crippen molar-refractivity contribution in [3.8, 4) is 0 Å². The Morgan fingerprint density at radius 2 is 1.46 bits per heavy atom. The smallest absolute Gasteiger partial charge is 0.0845 e. The van der Waals surface area contributed by atoms with E-state index < -0.39 is 24.7 Å². The summed E-state index contributed by atoms with van der Waals surface area (Å²) in [6.07, 6.45) is -1.28. The van der Waals surface area contributed by atoms with E-state index in [1.807, 2.05) is 0 Å². The van der Waals surface area contributed by atoms with Crippen LogP contribution in [0.1, 0.15) is 12.8 Å². The molecule has 0 saturated heterocycles. The fraction of sp³-hybridized carbons (Fsp3) is 1.00. The lowest BCUT2D eigenvalue weighted by atomic mass is 9.94. The van der Waals surface area contributed by atoms with E-state index in [2.05, 4.69) is 0 Å². The van der Waals surface area contributed by atoms with Gasteiger partial charge in [-0.05, 0) is 12.8 Å². The quantitative estimate of drug-likeness (QED) is 0.325. The minimum absolute atomic E-state index is 0.0373. The zero-order valence-corrected chi connectivity index (χ0v) is 7.50. The monoisotopic (exact) mass is 194 g/mol. The first-order valence-corrected chi connectivity index (χ1v) is 4.36. The van der Waals surface area contributed by atoms with Crippen LogP contribution in [0.3, 0.4) is 0 Å². The standard InChI is InChI=1S/C8H18O5/c9-3-1-2-7(12)6(4-10)8(13)5-11/h6-13H,1-5H2. The Labute approximate surface area is 77.3 Å². The highest BCUT2D eigenvalue weighted by Gasteiger charge is 2.25. The lowest BCUT2D eigenvalue weighted by Crippen LogP contribution is -2.37. The zero-order valence-electron chi connectivity index (χ0n) is 7.50. The summed E-state index contributed by atoms with van der Waals surface area (Å²) in [7, 11) is 0. The van der Waals surface area contributed by atoms with Crippen molar-refractivity contribution >= 4 is 0 Å². The predicted octanol–water partition coefficient (Wildman–Crippen LogP) is -1.92. The minimum atomic E-state index is -1.11. The number of aliphatic hydroxyl groups is 5. The van der Waals surface area contributed by atoms with E-state index in [0.717, 1.165) is 0 Å². The van der Waals surface area contributed by atoms with Crippen LogP contribution in [0.4, 0.5) is 0 Å². The molecular weight excluding hydrogens is 176 g/mol. The lowest BCUT2D eigenvalue weighted by Gasteiger charge is -2.24. The molecule has 5 N–H and O–H groups in total. The fourth-order valence-corrected chi connectivity index (χ4v) is 1.15. The Hall–Kier alpha value is -0.200. The average molecular weight is 194 g/mol. The van der Waals surface area contributed by atoms with E-state index in [0.29, 0.717) is 12.8 Å². The summed E-state index contributed by atoms with van der Waals surface area (Å²) in [6, 6.07) is 0. The molecule has 0 amide bonds. The predicted molar refractivity (Wildman–Crippen MR) is 46.0 cm³/mol. The first-order chi connectivity index (χ1) is 6.17. The molecule has 5 nitrogen and oxygen atoms in total. The molecule has 0 fully saturated rings. The van der Waals surface area contributed by atoms with Crippen LogP contribution in [0.25, 0.3) is 0 Å². The van der Waals surface area contributed by atoms with E-state index in [4.69, 9.17) is 20.4 Å². The minimum Gasteiger partial charge on any atom is -0.396 e. The highest BCUT2D eigenvalue weighted by atomic mass is 16.3. The van der Waals surface area contributed by atoms with Crippen LogP contribution >= 0.6 is 0 Å². The summed E-state index contributed by atoms with van der Waals surface area (Å²) in [4.78, 5) is 0. The molecule has 0 spiro atoms. The maximum atomic E-state index is 9.40. The van der Waals surface area contributed by atoms with Gasteiger partial charge >= 0.3 is 0 Å². The van der Waals surface area contributed by atoms with Crippen LogP contribution in [0, 0.1) is 5.92 Å². The second kappa shape index (κ2) is 7.23. The third-order valence-electron chi connectivity index (χ3n) is 2.04. The molecule has 0 aliphatic rings. The normalized spacial score (nSPS) is 18.2. The van der Waals surface area contributed by atoms with Crippen LogP contribution < -0.4 is 0 Å². The van der Waals surface area contributed by atoms with Gasteiger partial charge in [0.25, 0.3) is 0 Å². The van der Waals surface area contributed by atoms with Gasteiger partial charge in [0.15, 0.2) is 0 Å². The van der Waals surface area contributed by atoms with E-state index in [-0.39, 0.29) is 13.2 Å². The second-order valence-corrected chi connectivity index (χ2v) is 3.03. The molecule has 0 aromatic rings. The van der Waals surface area contributed by atoms with Gasteiger partial charge in [-0.15, -0.1) is 0 Å². The van der Waals surface area contributed by atoms with Crippen LogP contribution in [0.5, 0.6) is 0 Å². The van der Waals surface area contributed by atoms with Crippen molar-refractivity contribution in [1.29, 1.82) is 0 Å². The molecule has 0 aromatic carbocycles. The molecule has 0 heterocycles. The third kappa shape index (κ3) is 4.54. The number of rotatable bonds is 7. The van der Waals surface area contributed by atoms with Crippen molar-refractivity contribution < 1.29 is 25.5 Å². The third-order valence-corrected chi connectivity index (χ3v) is 2.04. The van der Waals surface area contributed by atoms with Crippen molar-refractivity contribution in [2.75, 3.05) is 19.8 Å². The molecule has 13 heavy (non-hydrogen) atoms. The number of aliphatic hydroxyl groups excluding tert-OH is 5. The number of hydrogen-bond acceptors (Lipinski definition) is 5.